The van der Waals surface area contributed by atoms with Crippen LogP contribution in [0.1, 0.15) is 46.5 Å². The van der Waals surface area contributed by atoms with Crippen molar-refractivity contribution in [2.45, 2.75) is 52.9 Å². The summed E-state index contributed by atoms with van der Waals surface area (Å²) in [5.74, 6) is 0. The summed E-state index contributed by atoms with van der Waals surface area (Å²) in [6, 6.07) is 0. The second-order valence-electron chi connectivity index (χ2n) is 3.48. The Bertz CT molecular complexity index is 183. The SMILES string of the molecule is CCCCCC[O][Ti](=[O])[O]C(OCC)OCC. The van der Waals surface area contributed by atoms with E-state index in [9.17, 15) is 3.32 Å². The van der Waals surface area contributed by atoms with Crippen LogP contribution in [0.25, 0.3) is 0 Å². The Morgan fingerprint density at radius 3 is 2.18 bits per heavy atom. The van der Waals surface area contributed by atoms with Crippen LogP contribution in [-0.4, -0.2) is 26.3 Å². The second-order valence-corrected chi connectivity index (χ2v) is 5.08. The van der Waals surface area contributed by atoms with Crippen molar-refractivity contribution in [3.05, 3.63) is 0 Å². The molecule has 0 rings (SSSR count). The summed E-state index contributed by atoms with van der Waals surface area (Å²) in [6.45, 7) is 6.33. The molecule has 0 aromatic carbocycles. The standard InChI is InChI=1S/C6H13O.C5H11O3.O.Ti/c1-2-3-4-5-6-7;1-3-7-5(6)8-4-2;;/h2-6H2,1H3;5H,3-4H2,1-2H3;;/q2*-1;;+2. The average Bonchev–Trinajstić information content (AvgIpc) is 2.29. The molecule has 0 atom stereocenters. The molecule has 0 spiro atoms. The van der Waals surface area contributed by atoms with E-state index in [-0.39, 0.29) is 0 Å². The molecule has 5 nitrogen and oxygen atoms in total. The summed E-state index contributed by atoms with van der Waals surface area (Å²) in [7, 11) is 0. The van der Waals surface area contributed by atoms with Crippen molar-refractivity contribution in [3.63, 3.8) is 0 Å². The van der Waals surface area contributed by atoms with Crippen LogP contribution in [0.2, 0.25) is 0 Å². The Morgan fingerprint density at radius 2 is 1.65 bits per heavy atom. The van der Waals surface area contributed by atoms with E-state index in [1.807, 2.05) is 13.8 Å². The number of hydrogen-bond acceptors (Lipinski definition) is 5. The van der Waals surface area contributed by atoms with Gasteiger partial charge in [-0.1, -0.05) is 0 Å². The molecule has 0 aromatic heterocycles. The van der Waals surface area contributed by atoms with E-state index in [1.165, 1.54) is 12.8 Å². The molecule has 0 bridgehead atoms. The quantitative estimate of drug-likeness (QED) is 0.313. The minimum atomic E-state index is -3.14. The summed E-state index contributed by atoms with van der Waals surface area (Å²) < 4.78 is 31.9. The van der Waals surface area contributed by atoms with E-state index >= 15 is 0 Å². The first-order chi connectivity index (χ1) is 8.24. The topological polar surface area (TPSA) is 54.0 Å². The first-order valence-corrected chi connectivity index (χ1v) is 8.22. The fraction of sp³-hybridized carbons (Fsp3) is 1.00. The zero-order valence-electron chi connectivity index (χ0n) is 11.1. The first kappa shape index (κ1) is 17.4. The van der Waals surface area contributed by atoms with Crippen LogP contribution >= 0.6 is 0 Å². The van der Waals surface area contributed by atoms with E-state index in [2.05, 4.69) is 6.92 Å². The van der Waals surface area contributed by atoms with Crippen LogP contribution in [0.4, 0.5) is 0 Å². The molecule has 0 saturated carbocycles. The molecule has 0 aliphatic heterocycles. The van der Waals surface area contributed by atoms with Crippen LogP contribution in [-0.2, 0) is 38.1 Å². The molecule has 0 saturated heterocycles. The summed E-state index contributed by atoms with van der Waals surface area (Å²) in [6.07, 6.45) is 4.37. The van der Waals surface area contributed by atoms with E-state index in [4.69, 9.17) is 16.1 Å². The molecule has 0 aromatic rings. The van der Waals surface area contributed by atoms with Crippen LogP contribution in [0.3, 0.4) is 0 Å². The molecule has 0 heterocycles. The molecule has 0 N–H and O–H groups in total. The first-order valence-electron chi connectivity index (χ1n) is 6.31. The van der Waals surface area contributed by atoms with Crippen molar-refractivity contribution >= 4 is 0 Å². The number of unbranched alkanes of at least 4 members (excludes halogenated alkanes) is 3. The molecule has 0 amide bonds. The molecule has 17 heavy (non-hydrogen) atoms. The average molecular weight is 284 g/mol. The third-order valence-electron chi connectivity index (χ3n) is 2.02. The van der Waals surface area contributed by atoms with Crippen molar-refractivity contribution in [2.75, 3.05) is 19.8 Å². The fourth-order valence-electron chi connectivity index (χ4n) is 1.19. The molecule has 102 valence electrons. The van der Waals surface area contributed by atoms with Crippen molar-refractivity contribution < 1.29 is 38.1 Å². The van der Waals surface area contributed by atoms with Crippen LogP contribution in [0.5, 0.6) is 0 Å². The van der Waals surface area contributed by atoms with Crippen molar-refractivity contribution in [2.24, 2.45) is 0 Å². The normalized spacial score (nSPS) is 11.1. The Balaban J connectivity index is 3.59. The molecular formula is C11H24O5Ti. The monoisotopic (exact) mass is 284 g/mol. The van der Waals surface area contributed by atoms with Crippen molar-refractivity contribution in [1.82, 2.24) is 0 Å². The second kappa shape index (κ2) is 12.8. The van der Waals surface area contributed by atoms with Crippen LogP contribution < -0.4 is 0 Å². The van der Waals surface area contributed by atoms with Crippen LogP contribution in [0, 0.1) is 0 Å². The molecule has 0 aliphatic rings. The van der Waals surface area contributed by atoms with Gasteiger partial charge in [-0.15, -0.1) is 0 Å². The van der Waals surface area contributed by atoms with Gasteiger partial charge in [0.2, 0.25) is 0 Å². The van der Waals surface area contributed by atoms with Gasteiger partial charge in [-0.2, -0.15) is 0 Å². The van der Waals surface area contributed by atoms with E-state index in [0.29, 0.717) is 19.8 Å². The van der Waals surface area contributed by atoms with Gasteiger partial charge < -0.3 is 0 Å². The fourth-order valence-corrected chi connectivity index (χ4v) is 2.24. The predicted octanol–water partition coefficient (Wildman–Crippen LogP) is 2.75. The number of rotatable bonds is 12. The number of ether oxygens (including phenoxy) is 2. The molecule has 6 heteroatoms. The predicted molar refractivity (Wildman–Crippen MR) is 58.9 cm³/mol. The summed E-state index contributed by atoms with van der Waals surface area (Å²) in [5, 5.41) is 0. The Labute approximate surface area is 111 Å². The van der Waals surface area contributed by atoms with Crippen molar-refractivity contribution in [3.8, 4) is 0 Å². The van der Waals surface area contributed by atoms with Gasteiger partial charge in [-0.25, -0.2) is 0 Å². The zero-order chi connectivity index (χ0) is 12.9. The Kier molecular flexibility index (Phi) is 13.1. The van der Waals surface area contributed by atoms with E-state index < -0.39 is 25.1 Å². The molecule has 0 radical (unpaired) electrons. The molecular weight excluding hydrogens is 260 g/mol. The van der Waals surface area contributed by atoms with Gasteiger partial charge in [0, 0.05) is 0 Å². The van der Waals surface area contributed by atoms with Crippen molar-refractivity contribution in [1.29, 1.82) is 0 Å². The van der Waals surface area contributed by atoms with Gasteiger partial charge in [0.1, 0.15) is 0 Å². The Hall–Kier alpha value is 0.354. The maximum atomic E-state index is 11.5. The maximum absolute atomic E-state index is 11.5. The zero-order valence-corrected chi connectivity index (χ0v) is 12.6. The van der Waals surface area contributed by atoms with Gasteiger partial charge in [0.15, 0.2) is 0 Å². The molecule has 0 aliphatic carbocycles. The van der Waals surface area contributed by atoms with Gasteiger partial charge >= 0.3 is 111 Å². The van der Waals surface area contributed by atoms with E-state index in [0.717, 1.165) is 12.8 Å². The Morgan fingerprint density at radius 1 is 1.00 bits per heavy atom. The molecule has 0 unspecified atom stereocenters. The third kappa shape index (κ3) is 11.2. The summed E-state index contributed by atoms with van der Waals surface area (Å²) >= 11 is -3.14. The summed E-state index contributed by atoms with van der Waals surface area (Å²) in [4.78, 5) is 0. The van der Waals surface area contributed by atoms with Gasteiger partial charge in [0.25, 0.3) is 0 Å². The van der Waals surface area contributed by atoms with Crippen LogP contribution in [0.15, 0.2) is 0 Å². The van der Waals surface area contributed by atoms with E-state index in [1.54, 1.807) is 0 Å². The molecule has 0 fully saturated rings. The summed E-state index contributed by atoms with van der Waals surface area (Å²) in [5.41, 5.74) is 0. The van der Waals surface area contributed by atoms with Gasteiger partial charge in [0.05, 0.1) is 0 Å². The number of hydrogen-bond donors (Lipinski definition) is 0. The third-order valence-corrected chi connectivity index (χ3v) is 3.30. The minimum absolute atomic E-state index is 0.451. The van der Waals surface area contributed by atoms with Gasteiger partial charge in [-0.3, -0.25) is 0 Å². The van der Waals surface area contributed by atoms with Gasteiger partial charge in [-0.05, 0) is 0 Å².